The van der Waals surface area contributed by atoms with Gasteiger partial charge in [0.2, 0.25) is 0 Å². The van der Waals surface area contributed by atoms with Gasteiger partial charge in [0.15, 0.2) is 4.34 Å². The van der Waals surface area contributed by atoms with Gasteiger partial charge in [-0.1, -0.05) is 11.8 Å². The van der Waals surface area contributed by atoms with Gasteiger partial charge in [0, 0.05) is 24.8 Å². The van der Waals surface area contributed by atoms with E-state index in [9.17, 15) is 9.90 Å². The molecule has 0 unspecified atom stereocenters. The summed E-state index contributed by atoms with van der Waals surface area (Å²) in [5.41, 5.74) is 0. The topological polar surface area (TPSA) is 59.4 Å². The van der Waals surface area contributed by atoms with Crippen molar-refractivity contribution >= 4 is 29.1 Å². The van der Waals surface area contributed by atoms with Crippen molar-refractivity contribution in [2.75, 3.05) is 13.2 Å². The summed E-state index contributed by atoms with van der Waals surface area (Å²) in [5.74, 6) is -0.758. The highest BCUT2D eigenvalue weighted by Gasteiger charge is 2.42. The number of thiazole rings is 1. The van der Waals surface area contributed by atoms with Crippen molar-refractivity contribution < 1.29 is 14.6 Å². The Balaban J connectivity index is 2.15. The predicted molar refractivity (Wildman–Crippen MR) is 58.4 cm³/mol. The van der Waals surface area contributed by atoms with E-state index in [-0.39, 0.29) is 0 Å². The average molecular weight is 245 g/mol. The summed E-state index contributed by atoms with van der Waals surface area (Å²) in [6.45, 7) is 1.04. The molecule has 1 fully saturated rings. The zero-order valence-corrected chi connectivity index (χ0v) is 9.64. The first-order valence-electron chi connectivity index (χ1n) is 4.63. The van der Waals surface area contributed by atoms with Gasteiger partial charge in [-0.2, -0.15) is 0 Å². The minimum Gasteiger partial charge on any atom is -0.480 e. The maximum Gasteiger partial charge on any atom is 0.320 e. The van der Waals surface area contributed by atoms with E-state index in [1.165, 1.54) is 23.1 Å². The van der Waals surface area contributed by atoms with Gasteiger partial charge in [0.05, 0.1) is 0 Å². The maximum atomic E-state index is 11.3. The number of ether oxygens (including phenoxy) is 1. The lowest BCUT2D eigenvalue weighted by Gasteiger charge is -2.31. The fraction of sp³-hybridized carbons (Fsp3) is 0.556. The number of carboxylic acid groups (broad SMARTS) is 1. The number of hydrogen-bond donors (Lipinski definition) is 1. The SMILES string of the molecule is O=C(O)C1(Sc2nccs2)CCOCC1. The molecular weight excluding hydrogens is 234 g/mol. The number of carboxylic acids is 1. The molecule has 82 valence electrons. The quantitative estimate of drug-likeness (QED) is 0.881. The first-order chi connectivity index (χ1) is 7.23. The minimum atomic E-state index is -0.758. The van der Waals surface area contributed by atoms with E-state index in [1.807, 2.05) is 5.38 Å². The number of aliphatic carboxylic acids is 1. The second-order valence-electron chi connectivity index (χ2n) is 3.31. The number of hydrogen-bond acceptors (Lipinski definition) is 5. The molecule has 15 heavy (non-hydrogen) atoms. The first kappa shape index (κ1) is 10.9. The Labute approximate surface area is 95.7 Å². The van der Waals surface area contributed by atoms with Crippen LogP contribution in [0.1, 0.15) is 12.8 Å². The summed E-state index contributed by atoms with van der Waals surface area (Å²) in [5, 5.41) is 11.1. The van der Waals surface area contributed by atoms with Crippen LogP contribution >= 0.6 is 23.1 Å². The van der Waals surface area contributed by atoms with Crippen LogP contribution in [0.3, 0.4) is 0 Å². The number of aromatic nitrogens is 1. The predicted octanol–water partition coefficient (Wildman–Crippen LogP) is 1.87. The molecule has 0 bridgehead atoms. The highest BCUT2D eigenvalue weighted by Crippen LogP contribution is 2.41. The van der Waals surface area contributed by atoms with Gasteiger partial charge in [-0.05, 0) is 12.8 Å². The molecule has 0 spiro atoms. The third-order valence-electron chi connectivity index (χ3n) is 2.38. The van der Waals surface area contributed by atoms with Crippen LogP contribution in [0.2, 0.25) is 0 Å². The largest absolute Gasteiger partial charge is 0.480 e. The van der Waals surface area contributed by atoms with E-state index >= 15 is 0 Å². The van der Waals surface area contributed by atoms with Crippen LogP contribution in [0.15, 0.2) is 15.9 Å². The van der Waals surface area contributed by atoms with Crippen LogP contribution in [-0.2, 0) is 9.53 Å². The molecular formula is C9H11NO3S2. The Morgan fingerprint density at radius 2 is 2.33 bits per heavy atom. The molecule has 1 aromatic heterocycles. The summed E-state index contributed by atoms with van der Waals surface area (Å²) in [7, 11) is 0. The zero-order valence-electron chi connectivity index (χ0n) is 8.01. The van der Waals surface area contributed by atoms with Crippen LogP contribution in [0.25, 0.3) is 0 Å². The Kier molecular flexibility index (Phi) is 3.28. The molecule has 1 aromatic rings. The van der Waals surface area contributed by atoms with Crippen LogP contribution < -0.4 is 0 Å². The Hall–Kier alpha value is -0.590. The molecule has 0 atom stereocenters. The van der Waals surface area contributed by atoms with Gasteiger partial charge in [0.1, 0.15) is 4.75 Å². The molecule has 1 N–H and O–H groups in total. The smallest absolute Gasteiger partial charge is 0.320 e. The molecule has 1 saturated heterocycles. The van der Waals surface area contributed by atoms with Crippen molar-refractivity contribution in [1.82, 2.24) is 4.98 Å². The molecule has 1 aliphatic heterocycles. The second-order valence-corrected chi connectivity index (χ2v) is 5.84. The van der Waals surface area contributed by atoms with Crippen LogP contribution in [0, 0.1) is 0 Å². The van der Waals surface area contributed by atoms with Crippen molar-refractivity contribution in [2.45, 2.75) is 21.9 Å². The van der Waals surface area contributed by atoms with Crippen LogP contribution in [0.4, 0.5) is 0 Å². The lowest BCUT2D eigenvalue weighted by atomic mass is 9.99. The summed E-state index contributed by atoms with van der Waals surface area (Å²) < 4.78 is 5.28. The lowest BCUT2D eigenvalue weighted by Crippen LogP contribution is -2.40. The Morgan fingerprint density at radius 1 is 1.60 bits per heavy atom. The Bertz CT molecular complexity index is 333. The third kappa shape index (κ3) is 2.32. The molecule has 2 rings (SSSR count). The highest BCUT2D eigenvalue weighted by molar-refractivity contribution is 8.03. The van der Waals surface area contributed by atoms with Crippen molar-refractivity contribution in [3.8, 4) is 0 Å². The number of thioether (sulfide) groups is 1. The second kappa shape index (κ2) is 4.51. The maximum absolute atomic E-state index is 11.3. The molecule has 0 saturated carbocycles. The molecule has 0 amide bonds. The van der Waals surface area contributed by atoms with E-state index < -0.39 is 10.7 Å². The van der Waals surface area contributed by atoms with Crippen molar-refractivity contribution in [3.63, 3.8) is 0 Å². The van der Waals surface area contributed by atoms with E-state index in [0.29, 0.717) is 26.1 Å². The Morgan fingerprint density at radius 3 is 2.87 bits per heavy atom. The van der Waals surface area contributed by atoms with Gasteiger partial charge in [-0.15, -0.1) is 11.3 Å². The van der Waals surface area contributed by atoms with E-state index in [4.69, 9.17) is 4.74 Å². The molecule has 1 aliphatic rings. The molecule has 0 aromatic carbocycles. The number of rotatable bonds is 3. The minimum absolute atomic E-state index is 0.519. The van der Waals surface area contributed by atoms with E-state index in [1.54, 1.807) is 6.20 Å². The van der Waals surface area contributed by atoms with Gasteiger partial charge >= 0.3 is 5.97 Å². The highest BCUT2D eigenvalue weighted by atomic mass is 32.2. The van der Waals surface area contributed by atoms with Crippen molar-refractivity contribution in [3.05, 3.63) is 11.6 Å². The van der Waals surface area contributed by atoms with Gasteiger partial charge in [-0.25, -0.2) is 4.98 Å². The molecule has 0 radical (unpaired) electrons. The normalized spacial score (nSPS) is 20.0. The van der Waals surface area contributed by atoms with Crippen molar-refractivity contribution in [2.24, 2.45) is 0 Å². The lowest BCUT2D eigenvalue weighted by molar-refractivity contribution is -0.142. The molecule has 6 heteroatoms. The van der Waals surface area contributed by atoms with E-state index in [0.717, 1.165) is 4.34 Å². The van der Waals surface area contributed by atoms with Gasteiger partial charge < -0.3 is 9.84 Å². The monoisotopic (exact) mass is 245 g/mol. The zero-order chi connectivity index (χ0) is 10.7. The molecule has 0 aliphatic carbocycles. The van der Waals surface area contributed by atoms with Crippen molar-refractivity contribution in [1.29, 1.82) is 0 Å². The van der Waals surface area contributed by atoms with Gasteiger partial charge in [-0.3, -0.25) is 4.79 Å². The summed E-state index contributed by atoms with van der Waals surface area (Å²) in [6.07, 6.45) is 2.79. The van der Waals surface area contributed by atoms with Crippen LogP contribution in [0.5, 0.6) is 0 Å². The standard InChI is InChI=1S/C9H11NO3S2/c11-7(12)9(1-4-13-5-2-9)15-8-10-3-6-14-8/h3,6H,1-2,4-5H2,(H,11,12). The third-order valence-corrected chi connectivity index (χ3v) is 4.74. The van der Waals surface area contributed by atoms with Gasteiger partial charge in [0.25, 0.3) is 0 Å². The summed E-state index contributed by atoms with van der Waals surface area (Å²) in [4.78, 5) is 15.4. The fourth-order valence-electron chi connectivity index (χ4n) is 1.49. The van der Waals surface area contributed by atoms with Crippen LogP contribution in [-0.4, -0.2) is 34.0 Å². The number of nitrogens with zero attached hydrogens (tertiary/aromatic N) is 1. The summed E-state index contributed by atoms with van der Waals surface area (Å²) >= 11 is 2.83. The molecule has 2 heterocycles. The van der Waals surface area contributed by atoms with E-state index in [2.05, 4.69) is 4.98 Å². The first-order valence-corrected chi connectivity index (χ1v) is 6.32. The summed E-state index contributed by atoms with van der Waals surface area (Å²) in [6, 6.07) is 0. The fourth-order valence-corrected chi connectivity index (χ4v) is 3.59. The number of carbonyl (C=O) groups is 1. The average Bonchev–Trinajstić information content (AvgIpc) is 2.71. The molecule has 4 nitrogen and oxygen atoms in total.